The zero-order valence-electron chi connectivity index (χ0n) is 22.3. The van der Waals surface area contributed by atoms with E-state index in [9.17, 15) is 50.8 Å². The highest BCUT2D eigenvalue weighted by Crippen LogP contribution is 2.45. The molecule has 3 aliphatic heterocycles. The van der Waals surface area contributed by atoms with Crippen LogP contribution in [0.3, 0.4) is 0 Å². The number of fused-ring (bicyclic) bond motifs is 1. The van der Waals surface area contributed by atoms with Crippen molar-refractivity contribution in [3.05, 3.63) is 41.5 Å². The Hall–Kier alpha value is -3.25. The summed E-state index contributed by atoms with van der Waals surface area (Å²) in [5, 5.41) is 91.8. The van der Waals surface area contributed by atoms with E-state index in [0.717, 1.165) is 18.2 Å². The van der Waals surface area contributed by atoms with E-state index in [0.29, 0.717) is 0 Å². The number of aliphatic hydroxyl groups excluding tert-OH is 6. The Morgan fingerprint density at radius 3 is 1.90 bits per heavy atom. The molecule has 9 N–H and O–H groups in total. The summed E-state index contributed by atoms with van der Waals surface area (Å²) in [7, 11) is 0. The topological polar surface area (TPSA) is 245 Å². The van der Waals surface area contributed by atoms with Gasteiger partial charge in [-0.05, 0) is 31.5 Å². The van der Waals surface area contributed by atoms with Gasteiger partial charge >= 0.3 is 0 Å². The highest BCUT2D eigenvalue weighted by Gasteiger charge is 2.49. The number of ketones is 1. The van der Waals surface area contributed by atoms with Crippen LogP contribution in [0.4, 0.5) is 0 Å². The Morgan fingerprint density at radius 2 is 1.29 bits per heavy atom. The van der Waals surface area contributed by atoms with Crippen LogP contribution in [0.15, 0.2) is 30.3 Å². The average molecular weight is 597 g/mol. The summed E-state index contributed by atoms with van der Waals surface area (Å²) in [5.41, 5.74) is -0.240. The third kappa shape index (κ3) is 5.34. The minimum absolute atomic E-state index is 0.121. The predicted molar refractivity (Wildman–Crippen MR) is 136 cm³/mol. The first-order valence-corrected chi connectivity index (χ1v) is 13.1. The number of rotatable bonds is 5. The average Bonchev–Trinajstić information content (AvgIpc) is 2.94. The molecule has 0 saturated carbocycles. The molecule has 3 heterocycles. The van der Waals surface area contributed by atoms with Gasteiger partial charge in [-0.3, -0.25) is 4.79 Å². The van der Waals surface area contributed by atoms with Crippen molar-refractivity contribution in [3.63, 3.8) is 0 Å². The van der Waals surface area contributed by atoms with Gasteiger partial charge in [0.1, 0.15) is 59.4 Å². The summed E-state index contributed by atoms with van der Waals surface area (Å²) in [5.74, 6) is -2.88. The monoisotopic (exact) mass is 596 g/mol. The van der Waals surface area contributed by atoms with Gasteiger partial charge in [0.2, 0.25) is 12.1 Å². The number of phenolic OH excluding ortho intramolecular Hbond substituents is 3. The van der Waals surface area contributed by atoms with Gasteiger partial charge in [-0.15, -0.1) is 0 Å². The number of ether oxygens (including phenoxy) is 5. The molecule has 12 atom stereocenters. The highest BCUT2D eigenvalue weighted by atomic mass is 16.7. The predicted octanol–water partition coefficient (Wildman–Crippen LogP) is -1.46. The summed E-state index contributed by atoms with van der Waals surface area (Å²) in [6, 6.07) is 5.79. The highest BCUT2D eigenvalue weighted by molar-refractivity contribution is 6.05. The van der Waals surface area contributed by atoms with Crippen LogP contribution in [0.25, 0.3) is 0 Å². The van der Waals surface area contributed by atoms with Gasteiger partial charge in [-0.2, -0.15) is 0 Å². The molecule has 0 aromatic heterocycles. The quantitative estimate of drug-likeness (QED) is 0.179. The Bertz CT molecular complexity index is 1320. The zero-order chi connectivity index (χ0) is 30.6. The molecular weight excluding hydrogens is 564 g/mol. The number of aliphatic hydroxyl groups is 6. The van der Waals surface area contributed by atoms with Crippen molar-refractivity contribution < 1.29 is 74.4 Å². The van der Waals surface area contributed by atoms with Gasteiger partial charge in [0, 0.05) is 12.1 Å². The molecule has 0 spiro atoms. The number of phenols is 3. The van der Waals surface area contributed by atoms with Crippen molar-refractivity contribution >= 4 is 5.78 Å². The second-order valence-electron chi connectivity index (χ2n) is 10.5. The van der Waals surface area contributed by atoms with Crippen LogP contribution in [-0.2, 0) is 14.2 Å². The normalized spacial score (nSPS) is 38.4. The molecule has 15 heteroatoms. The van der Waals surface area contributed by atoms with E-state index in [4.69, 9.17) is 23.7 Å². The molecule has 12 unspecified atom stereocenters. The maximum Gasteiger partial charge on any atom is 0.229 e. The molecule has 0 aliphatic carbocycles. The van der Waals surface area contributed by atoms with Crippen LogP contribution in [-0.4, -0.2) is 119 Å². The lowest BCUT2D eigenvalue weighted by molar-refractivity contribution is -0.304. The largest absolute Gasteiger partial charge is 0.507 e. The number of Topliss-reactive ketones (excluding diaryl/α,β-unsaturated/α-hetero) is 1. The van der Waals surface area contributed by atoms with E-state index in [2.05, 4.69) is 0 Å². The van der Waals surface area contributed by atoms with Gasteiger partial charge in [0.25, 0.3) is 0 Å². The molecule has 2 aromatic carbocycles. The molecule has 3 aliphatic rings. The standard InChI is InChI=1S/C27H32O15/c1-8-17(31)20(34)22(36)26(38-8)40-11-6-14(30)16-15(7-11)41-24(10-3-4-12(28)13(29)5-10)25(19(16)33)42-27-23(37)21(35)18(32)9(2)39-27/h3-9,17-18,20-32,34-37H,1-2H3. The summed E-state index contributed by atoms with van der Waals surface area (Å²) in [6.45, 7) is 2.87. The fraction of sp³-hybridized carbons (Fsp3) is 0.519. The van der Waals surface area contributed by atoms with E-state index >= 15 is 0 Å². The van der Waals surface area contributed by atoms with Crippen molar-refractivity contribution in [1.82, 2.24) is 0 Å². The molecule has 230 valence electrons. The number of hydrogen-bond donors (Lipinski definition) is 9. The maximum atomic E-state index is 13.8. The first-order chi connectivity index (χ1) is 19.8. The van der Waals surface area contributed by atoms with E-state index in [1.807, 2.05) is 0 Å². The Balaban J connectivity index is 1.49. The van der Waals surface area contributed by atoms with Crippen molar-refractivity contribution in [3.8, 4) is 28.7 Å². The number of carbonyl (C=O) groups is 1. The molecule has 0 bridgehead atoms. The van der Waals surface area contributed by atoms with Crippen LogP contribution >= 0.6 is 0 Å². The van der Waals surface area contributed by atoms with Crippen molar-refractivity contribution in [1.29, 1.82) is 0 Å². The van der Waals surface area contributed by atoms with Crippen LogP contribution < -0.4 is 9.47 Å². The van der Waals surface area contributed by atoms with Crippen LogP contribution in [0, 0.1) is 0 Å². The van der Waals surface area contributed by atoms with Crippen LogP contribution in [0.5, 0.6) is 28.7 Å². The van der Waals surface area contributed by atoms with Crippen LogP contribution in [0.1, 0.15) is 35.9 Å². The van der Waals surface area contributed by atoms with Gasteiger partial charge in [-0.25, -0.2) is 0 Å². The lowest BCUT2D eigenvalue weighted by Gasteiger charge is -2.42. The first kappa shape index (κ1) is 30.2. The molecular formula is C27H32O15. The third-order valence-electron chi connectivity index (χ3n) is 7.57. The Kier molecular flexibility index (Phi) is 8.23. The third-order valence-corrected chi connectivity index (χ3v) is 7.57. The first-order valence-electron chi connectivity index (χ1n) is 13.1. The Labute approximate surface area is 238 Å². The van der Waals surface area contributed by atoms with E-state index < -0.39 is 96.7 Å². The molecule has 15 nitrogen and oxygen atoms in total. The van der Waals surface area contributed by atoms with Gasteiger partial charge < -0.3 is 69.6 Å². The van der Waals surface area contributed by atoms with Crippen molar-refractivity contribution in [2.24, 2.45) is 0 Å². The fourth-order valence-electron chi connectivity index (χ4n) is 5.07. The number of aromatic hydroxyl groups is 3. The van der Waals surface area contributed by atoms with E-state index in [1.54, 1.807) is 0 Å². The minimum atomic E-state index is -1.78. The minimum Gasteiger partial charge on any atom is -0.507 e. The maximum absolute atomic E-state index is 13.8. The smallest absolute Gasteiger partial charge is 0.229 e. The van der Waals surface area contributed by atoms with Crippen LogP contribution in [0.2, 0.25) is 0 Å². The molecule has 2 aromatic rings. The fourth-order valence-corrected chi connectivity index (χ4v) is 5.07. The molecule has 5 rings (SSSR count). The molecule has 2 saturated heterocycles. The Morgan fingerprint density at radius 1 is 0.690 bits per heavy atom. The second kappa shape index (κ2) is 11.4. The van der Waals surface area contributed by atoms with Crippen molar-refractivity contribution in [2.75, 3.05) is 0 Å². The molecule has 0 radical (unpaired) electrons. The summed E-state index contributed by atoms with van der Waals surface area (Å²) >= 11 is 0. The molecule has 42 heavy (non-hydrogen) atoms. The lowest BCUT2D eigenvalue weighted by Crippen LogP contribution is -2.59. The van der Waals surface area contributed by atoms with Gasteiger partial charge in [0.05, 0.1) is 12.2 Å². The number of carbonyl (C=O) groups excluding carboxylic acids is 1. The molecule has 2 fully saturated rings. The van der Waals surface area contributed by atoms with Gasteiger partial charge in [-0.1, -0.05) is 6.07 Å². The van der Waals surface area contributed by atoms with Crippen molar-refractivity contribution in [2.45, 2.75) is 87.5 Å². The summed E-state index contributed by atoms with van der Waals surface area (Å²) in [6.07, 6.45) is -17.5. The number of hydrogen-bond acceptors (Lipinski definition) is 15. The van der Waals surface area contributed by atoms with Gasteiger partial charge in [0.15, 0.2) is 30.0 Å². The summed E-state index contributed by atoms with van der Waals surface area (Å²) in [4.78, 5) is 13.8. The van der Waals surface area contributed by atoms with E-state index in [1.165, 1.54) is 26.0 Å². The number of benzene rings is 2. The second-order valence-corrected chi connectivity index (χ2v) is 10.5. The summed E-state index contributed by atoms with van der Waals surface area (Å²) < 4.78 is 28.3. The zero-order valence-corrected chi connectivity index (χ0v) is 22.3. The lowest BCUT2D eigenvalue weighted by atomic mass is 9.92. The molecule has 0 amide bonds. The SMILES string of the molecule is CC1OC(Oc2cc(O)c3c(c2)OC(c2ccc(O)c(O)c2)C(OC2OC(C)C(O)C(O)C2O)C3=O)C(O)C(O)C1O. The van der Waals surface area contributed by atoms with E-state index in [-0.39, 0.29) is 22.6 Å².